The summed E-state index contributed by atoms with van der Waals surface area (Å²) in [6, 6.07) is 7.94. The Labute approximate surface area is 158 Å². The van der Waals surface area contributed by atoms with Crippen LogP contribution in [0, 0.1) is 0 Å². The number of hydrogen-bond acceptors (Lipinski definition) is 5. The average molecular weight is 375 g/mol. The molecule has 1 saturated carbocycles. The van der Waals surface area contributed by atoms with Gasteiger partial charge in [0.15, 0.2) is 0 Å². The van der Waals surface area contributed by atoms with E-state index >= 15 is 0 Å². The number of carbonyl (C=O) groups is 1. The van der Waals surface area contributed by atoms with Crippen LogP contribution in [-0.2, 0) is 11.3 Å². The highest BCUT2D eigenvalue weighted by atomic mass is 35.5. The van der Waals surface area contributed by atoms with E-state index in [-0.39, 0.29) is 5.91 Å². The molecule has 2 aliphatic rings. The number of oxazole rings is 1. The van der Waals surface area contributed by atoms with Gasteiger partial charge in [-0.15, -0.1) is 0 Å². The lowest BCUT2D eigenvalue weighted by atomic mass is 10.2. The maximum Gasteiger partial charge on any atom is 0.234 e. The van der Waals surface area contributed by atoms with Crippen LogP contribution in [0.2, 0.25) is 5.02 Å². The molecule has 1 aromatic heterocycles. The predicted octanol–water partition coefficient (Wildman–Crippen LogP) is 2.39. The molecule has 138 valence electrons. The van der Waals surface area contributed by atoms with Gasteiger partial charge in [-0.25, -0.2) is 4.98 Å². The first kappa shape index (κ1) is 17.5. The minimum Gasteiger partial charge on any atom is -0.444 e. The molecule has 0 bridgehead atoms. The topological polar surface area (TPSA) is 61.6 Å². The van der Waals surface area contributed by atoms with Gasteiger partial charge in [-0.3, -0.25) is 14.6 Å². The standard InChI is InChI=1S/C19H23ClN4O2/c20-15-3-1-2-14(10-15)19-22-17(13-26-19)11-23-6-8-24(9-7-23)12-18(25)21-16-4-5-16/h1-3,10,13,16H,4-9,11-12H2,(H,21,25). The van der Waals surface area contributed by atoms with Crippen molar-refractivity contribution < 1.29 is 9.21 Å². The van der Waals surface area contributed by atoms with E-state index in [2.05, 4.69) is 20.1 Å². The molecule has 6 nitrogen and oxygen atoms in total. The van der Waals surface area contributed by atoms with Crippen molar-refractivity contribution >= 4 is 17.5 Å². The van der Waals surface area contributed by atoms with Crippen molar-refractivity contribution in [2.75, 3.05) is 32.7 Å². The van der Waals surface area contributed by atoms with Crippen molar-refractivity contribution in [2.24, 2.45) is 0 Å². The summed E-state index contributed by atoms with van der Waals surface area (Å²) in [6.45, 7) is 4.92. The van der Waals surface area contributed by atoms with Crippen molar-refractivity contribution in [3.8, 4) is 11.5 Å². The Kier molecular flexibility index (Phi) is 5.24. The fourth-order valence-corrected chi connectivity index (χ4v) is 3.36. The number of halogens is 1. The van der Waals surface area contributed by atoms with Crippen LogP contribution in [0.3, 0.4) is 0 Å². The highest BCUT2D eigenvalue weighted by molar-refractivity contribution is 6.30. The van der Waals surface area contributed by atoms with Crippen LogP contribution >= 0.6 is 11.6 Å². The second kappa shape index (κ2) is 7.78. The fourth-order valence-electron chi connectivity index (χ4n) is 3.17. The first-order valence-corrected chi connectivity index (χ1v) is 9.48. The van der Waals surface area contributed by atoms with E-state index in [1.165, 1.54) is 0 Å². The smallest absolute Gasteiger partial charge is 0.234 e. The number of carbonyl (C=O) groups excluding carboxylic acids is 1. The maximum atomic E-state index is 11.9. The van der Waals surface area contributed by atoms with E-state index in [9.17, 15) is 4.79 Å². The number of nitrogens with zero attached hydrogens (tertiary/aromatic N) is 3. The van der Waals surface area contributed by atoms with E-state index in [0.29, 0.717) is 23.5 Å². The van der Waals surface area contributed by atoms with Crippen molar-refractivity contribution in [3.63, 3.8) is 0 Å². The van der Waals surface area contributed by atoms with Crippen LogP contribution in [0.5, 0.6) is 0 Å². The van der Waals surface area contributed by atoms with Gasteiger partial charge >= 0.3 is 0 Å². The number of benzene rings is 1. The fraction of sp³-hybridized carbons (Fsp3) is 0.474. The van der Waals surface area contributed by atoms with Crippen molar-refractivity contribution in [1.82, 2.24) is 20.1 Å². The first-order valence-electron chi connectivity index (χ1n) is 9.10. The number of nitrogens with one attached hydrogen (secondary N) is 1. The molecule has 7 heteroatoms. The highest BCUT2D eigenvalue weighted by Crippen LogP contribution is 2.22. The number of hydrogen-bond donors (Lipinski definition) is 1. The molecule has 1 N–H and O–H groups in total. The summed E-state index contributed by atoms with van der Waals surface area (Å²) in [4.78, 5) is 21.0. The second-order valence-electron chi connectivity index (χ2n) is 7.05. The van der Waals surface area contributed by atoms with Crippen molar-refractivity contribution in [2.45, 2.75) is 25.4 Å². The van der Waals surface area contributed by atoms with Gasteiger partial charge in [0.2, 0.25) is 11.8 Å². The van der Waals surface area contributed by atoms with E-state index in [0.717, 1.165) is 56.8 Å². The van der Waals surface area contributed by atoms with Gasteiger partial charge in [0.1, 0.15) is 6.26 Å². The van der Waals surface area contributed by atoms with Gasteiger partial charge in [-0.2, -0.15) is 0 Å². The molecule has 1 saturated heterocycles. The Balaban J connectivity index is 1.26. The van der Waals surface area contributed by atoms with Gasteiger partial charge in [-0.1, -0.05) is 17.7 Å². The molecule has 1 aliphatic heterocycles. The summed E-state index contributed by atoms with van der Waals surface area (Å²) >= 11 is 6.03. The maximum absolute atomic E-state index is 11.9. The minimum absolute atomic E-state index is 0.156. The molecule has 0 unspecified atom stereocenters. The van der Waals surface area contributed by atoms with Crippen LogP contribution in [0.25, 0.3) is 11.5 Å². The molecule has 4 rings (SSSR count). The quantitative estimate of drug-likeness (QED) is 0.841. The zero-order valence-electron chi connectivity index (χ0n) is 14.7. The molecule has 0 atom stereocenters. The molecular formula is C19H23ClN4O2. The molecule has 2 fully saturated rings. The van der Waals surface area contributed by atoms with Gasteiger partial charge in [-0.05, 0) is 31.0 Å². The van der Waals surface area contributed by atoms with Crippen LogP contribution in [0.1, 0.15) is 18.5 Å². The highest BCUT2D eigenvalue weighted by Gasteiger charge is 2.25. The Morgan fingerprint density at radius 1 is 1.23 bits per heavy atom. The number of aromatic nitrogens is 1. The molecule has 1 aliphatic carbocycles. The lowest BCUT2D eigenvalue weighted by Crippen LogP contribution is -2.49. The third kappa shape index (κ3) is 4.63. The largest absolute Gasteiger partial charge is 0.444 e. The van der Waals surface area contributed by atoms with Crippen molar-refractivity contribution in [1.29, 1.82) is 0 Å². The summed E-state index contributed by atoms with van der Waals surface area (Å²) in [5.41, 5.74) is 1.80. The first-order chi connectivity index (χ1) is 12.7. The van der Waals surface area contributed by atoms with E-state index in [4.69, 9.17) is 16.0 Å². The number of amides is 1. The lowest BCUT2D eigenvalue weighted by molar-refractivity contribution is -0.122. The Bertz CT molecular complexity index is 766. The molecule has 2 aromatic rings. The Morgan fingerprint density at radius 2 is 2.00 bits per heavy atom. The van der Waals surface area contributed by atoms with Gasteiger partial charge < -0.3 is 9.73 Å². The number of piperazine rings is 1. The monoisotopic (exact) mass is 374 g/mol. The van der Waals surface area contributed by atoms with E-state index < -0.39 is 0 Å². The second-order valence-corrected chi connectivity index (χ2v) is 7.48. The van der Waals surface area contributed by atoms with E-state index in [1.807, 2.05) is 24.3 Å². The molecule has 2 heterocycles. The number of rotatable bonds is 6. The summed E-state index contributed by atoms with van der Waals surface area (Å²) in [6.07, 6.45) is 3.98. The Hall–Kier alpha value is -1.89. The zero-order chi connectivity index (χ0) is 17.9. The molecule has 1 amide bonds. The van der Waals surface area contributed by atoms with Crippen LogP contribution < -0.4 is 5.32 Å². The molecule has 0 radical (unpaired) electrons. The predicted molar refractivity (Wildman–Crippen MR) is 99.8 cm³/mol. The third-order valence-corrected chi connectivity index (χ3v) is 5.02. The summed E-state index contributed by atoms with van der Waals surface area (Å²) in [5, 5.41) is 3.72. The molecular weight excluding hydrogens is 352 g/mol. The van der Waals surface area contributed by atoms with Crippen LogP contribution in [-0.4, -0.2) is 59.5 Å². The van der Waals surface area contributed by atoms with E-state index in [1.54, 1.807) is 6.26 Å². The normalized spacial score (nSPS) is 18.8. The zero-order valence-corrected chi connectivity index (χ0v) is 15.4. The molecule has 0 spiro atoms. The van der Waals surface area contributed by atoms with Gasteiger partial charge in [0, 0.05) is 49.4 Å². The summed E-state index contributed by atoms with van der Waals surface area (Å²) in [5.74, 6) is 0.751. The minimum atomic E-state index is 0.156. The third-order valence-electron chi connectivity index (χ3n) is 4.78. The van der Waals surface area contributed by atoms with Crippen LogP contribution in [0.4, 0.5) is 0 Å². The average Bonchev–Trinajstić information content (AvgIpc) is 3.31. The van der Waals surface area contributed by atoms with Crippen molar-refractivity contribution in [3.05, 3.63) is 41.2 Å². The summed E-state index contributed by atoms with van der Waals surface area (Å²) < 4.78 is 5.60. The molecule has 1 aromatic carbocycles. The summed E-state index contributed by atoms with van der Waals surface area (Å²) in [7, 11) is 0. The Morgan fingerprint density at radius 3 is 2.73 bits per heavy atom. The van der Waals surface area contributed by atoms with Crippen LogP contribution in [0.15, 0.2) is 34.9 Å². The lowest BCUT2D eigenvalue weighted by Gasteiger charge is -2.33. The molecule has 26 heavy (non-hydrogen) atoms. The van der Waals surface area contributed by atoms with Gasteiger partial charge in [0.25, 0.3) is 0 Å². The SMILES string of the molecule is O=C(CN1CCN(Cc2coc(-c3cccc(Cl)c3)n2)CC1)NC1CC1. The van der Waals surface area contributed by atoms with Gasteiger partial charge in [0.05, 0.1) is 12.2 Å².